The second-order valence-electron chi connectivity index (χ2n) is 18.8. The van der Waals surface area contributed by atoms with E-state index in [9.17, 15) is 0 Å². The van der Waals surface area contributed by atoms with Crippen molar-refractivity contribution < 1.29 is 0 Å². The van der Waals surface area contributed by atoms with E-state index in [1.165, 1.54) is 33.5 Å². The van der Waals surface area contributed by atoms with Crippen LogP contribution in [0.3, 0.4) is 0 Å². The quantitative estimate of drug-likeness (QED) is 0.114. The summed E-state index contributed by atoms with van der Waals surface area (Å²) < 4.78 is 0. The third-order valence-corrected chi connectivity index (χ3v) is 13.3. The van der Waals surface area contributed by atoms with E-state index in [1.54, 1.807) is 0 Å². The van der Waals surface area contributed by atoms with Gasteiger partial charge in [0, 0.05) is 68.3 Å². The van der Waals surface area contributed by atoms with Crippen molar-refractivity contribution in [1.29, 1.82) is 0 Å². The van der Waals surface area contributed by atoms with Crippen molar-refractivity contribution in [2.24, 2.45) is 5.92 Å². The van der Waals surface area contributed by atoms with Gasteiger partial charge in [0.05, 0.1) is 0 Å². The number of anilines is 11. The molecule has 0 spiro atoms. The fraction of sp³-hybridized carbons (Fsp3) is 0.121. The maximum atomic E-state index is 2.37. The van der Waals surface area contributed by atoms with Gasteiger partial charge in [0.1, 0.15) is 0 Å². The lowest BCUT2D eigenvalue weighted by atomic mass is 10.0. The molecule has 0 aliphatic heterocycles. The van der Waals surface area contributed by atoms with E-state index < -0.39 is 0 Å². The van der Waals surface area contributed by atoms with Crippen molar-refractivity contribution in [1.82, 2.24) is 0 Å². The number of nitrogens with zero attached hydrogens (tertiary/aromatic N) is 4. The van der Waals surface area contributed by atoms with Crippen LogP contribution in [0.5, 0.6) is 0 Å². The molecule has 9 aromatic carbocycles. The molecule has 0 aromatic heterocycles. The van der Waals surface area contributed by atoms with Gasteiger partial charge in [-0.2, -0.15) is 0 Å². The Morgan fingerprint density at radius 2 is 0.471 bits per heavy atom. The van der Waals surface area contributed by atoms with Crippen molar-refractivity contribution in [3.05, 3.63) is 270 Å². The van der Waals surface area contributed by atoms with Crippen LogP contribution >= 0.6 is 0 Å². The SMILES string of the molecule is Cc1ccc(N(C2=CCC(C)C=C2)c2ccc(N(c3ccc(C)cc3)c3ccc(-c4ccc(N(c5ccc(C)cc5)c5ccc(N(c6ccc(C)cc6)c6ccc(C)cc6)cc5)cc4)cc3)cc2)cc1. The summed E-state index contributed by atoms with van der Waals surface area (Å²) in [7, 11) is 0. The lowest BCUT2D eigenvalue weighted by Crippen LogP contribution is -2.17. The molecule has 0 N–H and O–H groups in total. The highest BCUT2D eigenvalue weighted by Gasteiger charge is 2.20. The third-order valence-electron chi connectivity index (χ3n) is 13.3. The molecule has 4 nitrogen and oxygen atoms in total. The molecule has 1 atom stereocenters. The minimum atomic E-state index is 0.538. The van der Waals surface area contributed by atoms with Crippen LogP contribution in [-0.2, 0) is 0 Å². The minimum Gasteiger partial charge on any atom is -0.311 e. The number of allylic oxidation sites excluding steroid dienone is 3. The van der Waals surface area contributed by atoms with Crippen LogP contribution in [0.15, 0.2) is 242 Å². The molecule has 9 aromatic rings. The van der Waals surface area contributed by atoms with E-state index in [-0.39, 0.29) is 0 Å². The largest absolute Gasteiger partial charge is 0.311 e. The average molecular weight is 909 g/mol. The summed E-state index contributed by atoms with van der Waals surface area (Å²) in [4.78, 5) is 9.38. The fourth-order valence-electron chi connectivity index (χ4n) is 9.25. The van der Waals surface area contributed by atoms with Gasteiger partial charge in [0.2, 0.25) is 0 Å². The first-order valence-corrected chi connectivity index (χ1v) is 24.5. The molecule has 344 valence electrons. The molecular formula is C66H60N4. The summed E-state index contributed by atoms with van der Waals surface area (Å²) in [6.07, 6.45) is 7.97. The van der Waals surface area contributed by atoms with Gasteiger partial charge in [-0.25, -0.2) is 0 Å². The summed E-state index contributed by atoms with van der Waals surface area (Å²) in [5, 5.41) is 0. The first-order chi connectivity index (χ1) is 34.1. The molecule has 10 rings (SSSR count). The van der Waals surface area contributed by atoms with Gasteiger partial charge < -0.3 is 19.6 Å². The molecule has 1 aliphatic carbocycles. The minimum absolute atomic E-state index is 0.538. The lowest BCUT2D eigenvalue weighted by molar-refractivity contribution is 0.728. The van der Waals surface area contributed by atoms with Crippen LogP contribution in [-0.4, -0.2) is 0 Å². The van der Waals surface area contributed by atoms with Crippen LogP contribution in [0.1, 0.15) is 41.2 Å². The Labute approximate surface area is 415 Å². The number of hydrogen-bond donors (Lipinski definition) is 0. The molecule has 0 bridgehead atoms. The van der Waals surface area contributed by atoms with Crippen LogP contribution < -0.4 is 19.6 Å². The van der Waals surface area contributed by atoms with Crippen molar-refractivity contribution in [2.75, 3.05) is 19.6 Å². The van der Waals surface area contributed by atoms with E-state index in [1.807, 2.05) is 0 Å². The van der Waals surface area contributed by atoms with E-state index in [0.29, 0.717) is 5.92 Å². The van der Waals surface area contributed by atoms with Crippen molar-refractivity contribution >= 4 is 62.6 Å². The molecule has 0 heterocycles. The van der Waals surface area contributed by atoms with E-state index in [0.717, 1.165) is 80.1 Å². The van der Waals surface area contributed by atoms with Crippen LogP contribution in [0, 0.1) is 40.5 Å². The van der Waals surface area contributed by atoms with E-state index >= 15 is 0 Å². The number of benzene rings is 9. The van der Waals surface area contributed by atoms with Gasteiger partial charge >= 0.3 is 0 Å². The summed E-state index contributed by atoms with van der Waals surface area (Å²) in [5.41, 5.74) is 21.9. The van der Waals surface area contributed by atoms with Crippen molar-refractivity contribution in [3.8, 4) is 11.1 Å². The molecule has 0 saturated carbocycles. The van der Waals surface area contributed by atoms with Gasteiger partial charge in [0.15, 0.2) is 0 Å². The standard InChI is InChI=1S/C66H60N4/c1-47-7-23-55(24-8-47)67(56-25-9-48(2)10-26-56)63-39-43-65(44-40-63)69(59-31-15-51(5)16-32-59)61-35-19-53(20-36-61)54-21-37-62(38-22-54)70(60-33-17-52(6)18-34-60)66-45-41-64(42-46-66)68(57-27-11-49(3)12-28-57)58-29-13-50(4)14-30-58/h7-13,15-46,50H,14H2,1-6H3. The molecule has 70 heavy (non-hydrogen) atoms. The lowest BCUT2D eigenvalue weighted by Gasteiger charge is -2.30. The Morgan fingerprint density at radius 1 is 0.271 bits per heavy atom. The first kappa shape index (κ1) is 45.4. The summed E-state index contributed by atoms with van der Waals surface area (Å²) in [5.74, 6) is 0.538. The first-order valence-electron chi connectivity index (χ1n) is 24.5. The second kappa shape index (κ2) is 20.1. The second-order valence-corrected chi connectivity index (χ2v) is 18.8. The van der Waals surface area contributed by atoms with Gasteiger partial charge in [-0.05, 0) is 198 Å². The Morgan fingerprint density at radius 3 is 0.686 bits per heavy atom. The Kier molecular flexibility index (Phi) is 13.0. The van der Waals surface area contributed by atoms with Gasteiger partial charge in [-0.1, -0.05) is 132 Å². The fourth-order valence-corrected chi connectivity index (χ4v) is 9.25. The normalized spacial score (nSPS) is 13.1. The molecular weight excluding hydrogens is 849 g/mol. The number of aryl methyl sites for hydroxylation is 5. The highest BCUT2D eigenvalue weighted by Crippen LogP contribution is 2.42. The predicted octanol–water partition coefficient (Wildman–Crippen LogP) is 18.9. The van der Waals surface area contributed by atoms with E-state index in [2.05, 4.69) is 298 Å². The molecule has 0 saturated heterocycles. The smallest absolute Gasteiger partial charge is 0.0463 e. The Balaban J connectivity index is 0.942. The van der Waals surface area contributed by atoms with Gasteiger partial charge in [0.25, 0.3) is 0 Å². The summed E-state index contributed by atoms with van der Waals surface area (Å²) in [6.45, 7) is 13.0. The van der Waals surface area contributed by atoms with Crippen LogP contribution in [0.25, 0.3) is 11.1 Å². The molecule has 1 aliphatic rings. The Hall–Kier alpha value is -8.34. The van der Waals surface area contributed by atoms with Crippen LogP contribution in [0.4, 0.5) is 62.6 Å². The zero-order valence-corrected chi connectivity index (χ0v) is 41.1. The summed E-state index contributed by atoms with van der Waals surface area (Å²) >= 11 is 0. The van der Waals surface area contributed by atoms with E-state index in [4.69, 9.17) is 0 Å². The Bertz CT molecular complexity index is 3180. The highest BCUT2D eigenvalue weighted by atomic mass is 15.2. The van der Waals surface area contributed by atoms with Crippen molar-refractivity contribution in [3.63, 3.8) is 0 Å². The number of rotatable bonds is 13. The third kappa shape index (κ3) is 9.95. The maximum Gasteiger partial charge on any atom is 0.0463 e. The maximum absolute atomic E-state index is 2.37. The molecule has 1 unspecified atom stereocenters. The monoisotopic (exact) mass is 908 g/mol. The summed E-state index contributed by atoms with van der Waals surface area (Å²) in [6, 6.07) is 79.8. The highest BCUT2D eigenvalue weighted by molar-refractivity contribution is 5.84. The zero-order valence-electron chi connectivity index (χ0n) is 41.1. The predicted molar refractivity (Wildman–Crippen MR) is 299 cm³/mol. The molecule has 0 radical (unpaired) electrons. The topological polar surface area (TPSA) is 13.0 Å². The van der Waals surface area contributed by atoms with Crippen LogP contribution in [0.2, 0.25) is 0 Å². The zero-order chi connectivity index (χ0) is 48.1. The molecule has 0 fully saturated rings. The average Bonchev–Trinajstić information content (AvgIpc) is 3.39. The van der Waals surface area contributed by atoms with Crippen molar-refractivity contribution in [2.45, 2.75) is 48.0 Å². The number of hydrogen-bond acceptors (Lipinski definition) is 4. The van der Waals surface area contributed by atoms with Gasteiger partial charge in [-0.3, -0.25) is 0 Å². The molecule has 0 amide bonds. The van der Waals surface area contributed by atoms with Gasteiger partial charge in [-0.15, -0.1) is 0 Å². The molecule has 4 heteroatoms.